The molecule has 1 saturated carbocycles. The van der Waals surface area contributed by atoms with Crippen molar-refractivity contribution in [1.29, 1.82) is 0 Å². The second kappa shape index (κ2) is 9.33. The standard InChI is InChI=1S/C25H29NO4/c27-24(28)23(15-14-17-8-2-1-3-9-17)26-25(29)30-16-22-20-12-6-4-10-18(20)19-11-5-7-13-21(19)22/h4-7,10-13,17,22-23H,1-3,8-9,14-16H2,(H,26,29)(H,27,28)/t23-/m0/s1. The molecule has 0 aliphatic heterocycles. The van der Waals surface area contributed by atoms with Crippen LogP contribution in [-0.4, -0.2) is 29.8 Å². The van der Waals surface area contributed by atoms with Crippen LogP contribution in [0.15, 0.2) is 48.5 Å². The lowest BCUT2D eigenvalue weighted by atomic mass is 9.85. The maximum atomic E-state index is 12.4. The number of carbonyl (C=O) groups excluding carboxylic acids is 1. The van der Waals surface area contributed by atoms with E-state index in [0.717, 1.165) is 41.5 Å². The van der Waals surface area contributed by atoms with Gasteiger partial charge in [0.2, 0.25) is 0 Å². The van der Waals surface area contributed by atoms with Crippen LogP contribution in [-0.2, 0) is 9.53 Å². The molecule has 1 amide bonds. The van der Waals surface area contributed by atoms with Gasteiger partial charge in [-0.25, -0.2) is 9.59 Å². The Morgan fingerprint density at radius 2 is 1.57 bits per heavy atom. The van der Waals surface area contributed by atoms with E-state index >= 15 is 0 Å². The van der Waals surface area contributed by atoms with E-state index in [9.17, 15) is 14.7 Å². The predicted molar refractivity (Wildman–Crippen MR) is 115 cm³/mol. The molecule has 1 atom stereocenters. The average Bonchev–Trinajstić information content (AvgIpc) is 3.09. The first-order valence-corrected chi connectivity index (χ1v) is 11.0. The molecular formula is C25H29NO4. The summed E-state index contributed by atoms with van der Waals surface area (Å²) in [6.07, 6.45) is 6.67. The van der Waals surface area contributed by atoms with E-state index in [2.05, 4.69) is 29.6 Å². The third-order valence-electron chi connectivity index (χ3n) is 6.52. The molecule has 30 heavy (non-hydrogen) atoms. The minimum atomic E-state index is -1.00. The van der Waals surface area contributed by atoms with E-state index in [1.165, 1.54) is 19.3 Å². The van der Waals surface area contributed by atoms with Crippen molar-refractivity contribution >= 4 is 12.1 Å². The zero-order chi connectivity index (χ0) is 20.9. The van der Waals surface area contributed by atoms with Gasteiger partial charge in [-0.2, -0.15) is 0 Å². The molecule has 158 valence electrons. The zero-order valence-corrected chi connectivity index (χ0v) is 17.2. The summed E-state index contributed by atoms with van der Waals surface area (Å²) < 4.78 is 5.50. The number of carboxylic acids is 1. The Labute approximate surface area is 177 Å². The fourth-order valence-electron chi connectivity index (χ4n) is 4.92. The van der Waals surface area contributed by atoms with Gasteiger partial charge < -0.3 is 15.2 Å². The van der Waals surface area contributed by atoms with Crippen LogP contribution in [0.1, 0.15) is 62.0 Å². The number of rotatable bonds is 7. The summed E-state index contributed by atoms with van der Waals surface area (Å²) in [7, 11) is 0. The Kier molecular flexibility index (Phi) is 6.36. The van der Waals surface area contributed by atoms with Gasteiger partial charge in [-0.15, -0.1) is 0 Å². The van der Waals surface area contributed by atoms with Crippen LogP contribution in [0.2, 0.25) is 0 Å². The molecule has 0 aromatic heterocycles. The van der Waals surface area contributed by atoms with E-state index in [-0.39, 0.29) is 12.5 Å². The molecule has 0 bridgehead atoms. The van der Waals surface area contributed by atoms with Gasteiger partial charge in [-0.3, -0.25) is 0 Å². The number of nitrogens with one attached hydrogen (secondary N) is 1. The Morgan fingerprint density at radius 1 is 0.967 bits per heavy atom. The van der Waals surface area contributed by atoms with Crippen LogP contribution in [0, 0.1) is 5.92 Å². The number of carbonyl (C=O) groups is 2. The summed E-state index contributed by atoms with van der Waals surface area (Å²) in [6, 6.07) is 15.4. The first kappa shape index (κ1) is 20.5. The molecule has 0 radical (unpaired) electrons. The van der Waals surface area contributed by atoms with Gasteiger partial charge in [0.1, 0.15) is 12.6 Å². The summed E-state index contributed by atoms with van der Waals surface area (Å²) in [4.78, 5) is 24.0. The Bertz CT molecular complexity index is 858. The summed E-state index contributed by atoms with van der Waals surface area (Å²) in [5, 5.41) is 12.1. The van der Waals surface area contributed by atoms with E-state index < -0.39 is 18.1 Å². The molecule has 2 aromatic rings. The fraction of sp³-hybridized carbons (Fsp3) is 0.440. The van der Waals surface area contributed by atoms with Crippen LogP contribution in [0.25, 0.3) is 11.1 Å². The molecule has 5 heteroatoms. The van der Waals surface area contributed by atoms with E-state index in [4.69, 9.17) is 4.74 Å². The second-order valence-electron chi connectivity index (χ2n) is 8.44. The molecule has 2 aliphatic rings. The lowest BCUT2D eigenvalue weighted by molar-refractivity contribution is -0.139. The summed E-state index contributed by atoms with van der Waals surface area (Å²) in [5.41, 5.74) is 4.60. The molecular weight excluding hydrogens is 378 g/mol. The van der Waals surface area contributed by atoms with Crippen LogP contribution in [0.5, 0.6) is 0 Å². The zero-order valence-electron chi connectivity index (χ0n) is 17.2. The minimum absolute atomic E-state index is 0.0336. The molecule has 2 aromatic carbocycles. The van der Waals surface area contributed by atoms with Crippen LogP contribution < -0.4 is 5.32 Å². The van der Waals surface area contributed by atoms with E-state index in [1.807, 2.05) is 24.3 Å². The smallest absolute Gasteiger partial charge is 0.407 e. The summed E-state index contributed by atoms with van der Waals surface area (Å²) in [6.45, 7) is 0.189. The maximum Gasteiger partial charge on any atom is 0.407 e. The molecule has 0 saturated heterocycles. The highest BCUT2D eigenvalue weighted by Gasteiger charge is 2.30. The Balaban J connectivity index is 1.35. The Hall–Kier alpha value is -2.82. The Morgan fingerprint density at radius 3 is 2.17 bits per heavy atom. The molecule has 2 aliphatic carbocycles. The molecule has 5 nitrogen and oxygen atoms in total. The van der Waals surface area contributed by atoms with Crippen molar-refractivity contribution in [1.82, 2.24) is 5.32 Å². The lowest BCUT2D eigenvalue weighted by Gasteiger charge is -2.23. The fourth-order valence-corrected chi connectivity index (χ4v) is 4.92. The topological polar surface area (TPSA) is 75.6 Å². The van der Waals surface area contributed by atoms with E-state index in [0.29, 0.717) is 12.3 Å². The average molecular weight is 408 g/mol. The minimum Gasteiger partial charge on any atom is -0.480 e. The number of fused-ring (bicyclic) bond motifs is 3. The number of benzene rings is 2. The predicted octanol–water partition coefficient (Wildman–Crippen LogP) is 5.34. The SMILES string of the molecule is O=C(N[C@@H](CCC1CCCCC1)C(=O)O)OCC1c2ccccc2-c2ccccc21. The normalized spacial score (nSPS) is 17.1. The molecule has 4 rings (SSSR count). The largest absolute Gasteiger partial charge is 0.480 e. The first-order valence-electron chi connectivity index (χ1n) is 11.0. The first-order chi connectivity index (χ1) is 14.6. The maximum absolute atomic E-state index is 12.4. The summed E-state index contributed by atoms with van der Waals surface area (Å²) >= 11 is 0. The van der Waals surface area contributed by atoms with Gasteiger partial charge in [0.15, 0.2) is 0 Å². The molecule has 0 unspecified atom stereocenters. The van der Waals surface area contributed by atoms with Crippen molar-refractivity contribution in [3.05, 3.63) is 59.7 Å². The van der Waals surface area contributed by atoms with Crippen molar-refractivity contribution in [2.24, 2.45) is 5.92 Å². The third kappa shape index (κ3) is 4.50. The van der Waals surface area contributed by atoms with Gasteiger partial charge >= 0.3 is 12.1 Å². The molecule has 1 fully saturated rings. The number of carboxylic acid groups (broad SMARTS) is 1. The van der Waals surface area contributed by atoms with Crippen molar-refractivity contribution in [3.8, 4) is 11.1 Å². The molecule has 2 N–H and O–H groups in total. The van der Waals surface area contributed by atoms with Gasteiger partial charge in [-0.05, 0) is 41.0 Å². The third-order valence-corrected chi connectivity index (χ3v) is 6.52. The second-order valence-corrected chi connectivity index (χ2v) is 8.44. The summed E-state index contributed by atoms with van der Waals surface area (Å²) in [5.74, 6) is -0.460. The van der Waals surface area contributed by atoms with Crippen molar-refractivity contribution in [3.63, 3.8) is 0 Å². The number of hydrogen-bond acceptors (Lipinski definition) is 3. The number of aliphatic carboxylic acids is 1. The van der Waals surface area contributed by atoms with E-state index in [1.54, 1.807) is 0 Å². The quantitative estimate of drug-likeness (QED) is 0.650. The lowest BCUT2D eigenvalue weighted by Crippen LogP contribution is -2.41. The number of hydrogen-bond donors (Lipinski definition) is 2. The monoisotopic (exact) mass is 407 g/mol. The van der Waals surface area contributed by atoms with Gasteiger partial charge in [0, 0.05) is 5.92 Å². The number of amides is 1. The highest BCUT2D eigenvalue weighted by atomic mass is 16.5. The highest BCUT2D eigenvalue weighted by molar-refractivity contribution is 5.81. The van der Waals surface area contributed by atoms with Crippen molar-refractivity contribution in [2.75, 3.05) is 6.61 Å². The molecule has 0 spiro atoms. The van der Waals surface area contributed by atoms with Crippen LogP contribution in [0.4, 0.5) is 4.79 Å². The molecule has 0 heterocycles. The van der Waals surface area contributed by atoms with Gasteiger partial charge in [0.05, 0.1) is 0 Å². The van der Waals surface area contributed by atoms with Crippen molar-refractivity contribution in [2.45, 2.75) is 56.9 Å². The van der Waals surface area contributed by atoms with Crippen LogP contribution >= 0.6 is 0 Å². The number of ether oxygens (including phenoxy) is 1. The number of alkyl carbamates (subject to hydrolysis) is 1. The highest BCUT2D eigenvalue weighted by Crippen LogP contribution is 2.44. The van der Waals surface area contributed by atoms with Gasteiger partial charge in [-0.1, -0.05) is 80.6 Å². The van der Waals surface area contributed by atoms with Crippen LogP contribution in [0.3, 0.4) is 0 Å². The van der Waals surface area contributed by atoms with Crippen molar-refractivity contribution < 1.29 is 19.4 Å². The van der Waals surface area contributed by atoms with Gasteiger partial charge in [0.25, 0.3) is 0 Å².